The molecule has 0 radical (unpaired) electrons. The van der Waals surface area contributed by atoms with Crippen LogP contribution in [0.3, 0.4) is 0 Å². The van der Waals surface area contributed by atoms with Crippen LogP contribution >= 0.6 is 12.2 Å². The number of nitrogens with one attached hydrogen (secondary N) is 3. The monoisotopic (exact) mass is 421 g/mol. The molecule has 2 aliphatic carbocycles. The highest BCUT2D eigenvalue weighted by Crippen LogP contribution is 2.35. The highest BCUT2D eigenvalue weighted by Gasteiger charge is 2.28. The zero-order valence-electron chi connectivity index (χ0n) is 15.3. The van der Waals surface area contributed by atoms with Gasteiger partial charge in [0.05, 0.1) is 11.4 Å². The minimum Gasteiger partial charge on any atom is -0.349 e. The van der Waals surface area contributed by atoms with Gasteiger partial charge in [-0.25, -0.2) is 13.1 Å². The van der Waals surface area contributed by atoms with Gasteiger partial charge in [0.25, 0.3) is 0 Å². The molecule has 150 valence electrons. The summed E-state index contributed by atoms with van der Waals surface area (Å²) in [6.07, 6.45) is 4.85. The Kier molecular flexibility index (Phi) is 5.35. The molecule has 0 unspecified atom stereocenters. The van der Waals surface area contributed by atoms with Crippen LogP contribution in [0.2, 0.25) is 0 Å². The van der Waals surface area contributed by atoms with Gasteiger partial charge >= 0.3 is 0 Å². The van der Waals surface area contributed by atoms with Crippen molar-refractivity contribution in [1.82, 2.24) is 24.8 Å². The minimum atomic E-state index is -3.44. The van der Waals surface area contributed by atoms with E-state index in [0.717, 1.165) is 37.1 Å². The number of hydrogen-bond donors (Lipinski definition) is 3. The van der Waals surface area contributed by atoms with E-state index in [-0.39, 0.29) is 16.8 Å². The molecule has 0 saturated heterocycles. The number of nitrogens with zero attached hydrogens (tertiary/aromatic N) is 2. The van der Waals surface area contributed by atoms with Gasteiger partial charge in [0.1, 0.15) is 0 Å². The lowest BCUT2D eigenvalue weighted by atomic mass is 10.1. The number of rotatable bonds is 9. The van der Waals surface area contributed by atoms with E-state index in [1.165, 1.54) is 0 Å². The average Bonchev–Trinajstić information content (AvgIpc) is 3.60. The van der Waals surface area contributed by atoms with Crippen LogP contribution in [0.15, 0.2) is 29.2 Å². The smallest absolute Gasteiger partial charge is 0.240 e. The van der Waals surface area contributed by atoms with Gasteiger partial charge in [-0.05, 0) is 62.0 Å². The Hall–Kier alpha value is -2.04. The first kappa shape index (κ1) is 19.3. The third-order valence-electron chi connectivity index (χ3n) is 4.91. The second-order valence-corrected chi connectivity index (χ2v) is 9.46. The number of aryl methyl sites for hydroxylation is 1. The highest BCUT2D eigenvalue weighted by atomic mass is 32.2. The average molecular weight is 422 g/mol. The molecule has 1 aromatic heterocycles. The van der Waals surface area contributed by atoms with Crippen molar-refractivity contribution in [2.45, 2.75) is 62.0 Å². The van der Waals surface area contributed by atoms with Gasteiger partial charge in [-0.15, -0.1) is 0 Å². The molecule has 4 rings (SSSR count). The SMILES string of the molecule is O=C(CCc1ccc(S(=O)(=O)NC2CC2)cc1)NCc1n[nH]c(=S)n1C1CC1. The van der Waals surface area contributed by atoms with Gasteiger partial charge in [0.2, 0.25) is 15.9 Å². The molecule has 3 N–H and O–H groups in total. The number of carbonyl (C=O) groups excluding carboxylic acids is 1. The fourth-order valence-electron chi connectivity index (χ4n) is 3.02. The normalized spacial score (nSPS) is 16.9. The molecule has 0 spiro atoms. The molecular weight excluding hydrogens is 398 g/mol. The Morgan fingerprint density at radius 1 is 1.21 bits per heavy atom. The maximum absolute atomic E-state index is 12.2. The first-order valence-corrected chi connectivity index (χ1v) is 11.4. The largest absolute Gasteiger partial charge is 0.349 e. The van der Waals surface area contributed by atoms with Gasteiger partial charge < -0.3 is 5.32 Å². The predicted molar refractivity (Wildman–Crippen MR) is 106 cm³/mol. The lowest BCUT2D eigenvalue weighted by molar-refractivity contribution is -0.121. The summed E-state index contributed by atoms with van der Waals surface area (Å²) in [4.78, 5) is 12.4. The lowest BCUT2D eigenvalue weighted by Gasteiger charge is -2.08. The molecule has 2 aliphatic rings. The van der Waals surface area contributed by atoms with Crippen molar-refractivity contribution in [2.75, 3.05) is 0 Å². The standard InChI is InChI=1S/C18H23N5O3S2/c24-17(19-11-16-20-21-18(27)23(16)14-6-7-14)10-3-12-1-8-15(9-2-12)28(25,26)22-13-4-5-13/h1-2,8-9,13-14,22H,3-7,10-11H2,(H,19,24)(H,21,27). The summed E-state index contributed by atoms with van der Waals surface area (Å²) in [6.45, 7) is 0.340. The number of sulfonamides is 1. The summed E-state index contributed by atoms with van der Waals surface area (Å²) in [6, 6.07) is 7.18. The summed E-state index contributed by atoms with van der Waals surface area (Å²) in [5.41, 5.74) is 0.918. The van der Waals surface area contributed by atoms with Crippen molar-refractivity contribution in [3.8, 4) is 0 Å². The van der Waals surface area contributed by atoms with Gasteiger partial charge in [-0.1, -0.05) is 12.1 Å². The fraction of sp³-hybridized carbons (Fsp3) is 0.500. The van der Waals surface area contributed by atoms with Gasteiger partial charge in [0, 0.05) is 18.5 Å². The quantitative estimate of drug-likeness (QED) is 0.537. The Morgan fingerprint density at radius 3 is 2.57 bits per heavy atom. The molecule has 0 atom stereocenters. The van der Waals surface area contributed by atoms with E-state index in [9.17, 15) is 13.2 Å². The van der Waals surface area contributed by atoms with Crippen LogP contribution in [0.1, 0.15) is 49.5 Å². The van der Waals surface area contributed by atoms with Crippen LogP contribution in [-0.4, -0.2) is 35.1 Å². The number of amides is 1. The van der Waals surface area contributed by atoms with Crippen molar-refractivity contribution in [3.63, 3.8) is 0 Å². The summed E-state index contributed by atoms with van der Waals surface area (Å²) in [7, 11) is -3.44. The molecule has 1 amide bonds. The lowest BCUT2D eigenvalue weighted by Crippen LogP contribution is -2.25. The number of benzene rings is 1. The van der Waals surface area contributed by atoms with E-state index < -0.39 is 10.0 Å². The van der Waals surface area contributed by atoms with Gasteiger partial charge in [0.15, 0.2) is 10.6 Å². The van der Waals surface area contributed by atoms with Crippen LogP contribution in [0.5, 0.6) is 0 Å². The Labute approximate surface area is 168 Å². The van der Waals surface area contributed by atoms with E-state index in [4.69, 9.17) is 12.2 Å². The van der Waals surface area contributed by atoms with Crippen molar-refractivity contribution >= 4 is 28.1 Å². The summed E-state index contributed by atoms with van der Waals surface area (Å²) in [5, 5.41) is 9.85. The first-order valence-electron chi connectivity index (χ1n) is 9.46. The first-order chi connectivity index (χ1) is 13.4. The molecule has 1 aromatic carbocycles. The van der Waals surface area contributed by atoms with E-state index in [1.807, 2.05) is 4.57 Å². The molecule has 2 fully saturated rings. The van der Waals surface area contributed by atoms with Crippen LogP contribution < -0.4 is 10.0 Å². The second-order valence-electron chi connectivity index (χ2n) is 7.36. The topological polar surface area (TPSA) is 109 Å². The van der Waals surface area contributed by atoms with Crippen molar-refractivity contribution in [2.24, 2.45) is 0 Å². The predicted octanol–water partition coefficient (Wildman–Crippen LogP) is 1.97. The van der Waals surface area contributed by atoms with Crippen LogP contribution in [0.4, 0.5) is 0 Å². The van der Waals surface area contributed by atoms with E-state index in [1.54, 1.807) is 24.3 Å². The number of carbonyl (C=O) groups is 1. The maximum Gasteiger partial charge on any atom is 0.240 e. The number of aromatic amines is 1. The number of hydrogen-bond acceptors (Lipinski definition) is 5. The van der Waals surface area contributed by atoms with E-state index in [0.29, 0.717) is 30.2 Å². The molecule has 0 aliphatic heterocycles. The molecule has 2 saturated carbocycles. The van der Waals surface area contributed by atoms with Gasteiger partial charge in [-0.2, -0.15) is 5.10 Å². The Bertz CT molecular complexity index is 1020. The highest BCUT2D eigenvalue weighted by molar-refractivity contribution is 7.89. The van der Waals surface area contributed by atoms with Crippen LogP contribution in [-0.2, 0) is 27.8 Å². The van der Waals surface area contributed by atoms with Crippen molar-refractivity contribution in [1.29, 1.82) is 0 Å². The molecule has 10 heteroatoms. The van der Waals surface area contributed by atoms with E-state index in [2.05, 4.69) is 20.2 Å². The molecule has 0 bridgehead atoms. The van der Waals surface area contributed by atoms with E-state index >= 15 is 0 Å². The molecule has 28 heavy (non-hydrogen) atoms. The Balaban J connectivity index is 1.27. The van der Waals surface area contributed by atoms with Crippen molar-refractivity contribution < 1.29 is 13.2 Å². The molecule has 8 nitrogen and oxygen atoms in total. The zero-order valence-corrected chi connectivity index (χ0v) is 17.0. The summed E-state index contributed by atoms with van der Waals surface area (Å²) < 4.78 is 29.6. The van der Waals surface area contributed by atoms with Crippen molar-refractivity contribution in [3.05, 3.63) is 40.4 Å². The fourth-order valence-corrected chi connectivity index (χ4v) is 4.62. The minimum absolute atomic E-state index is 0.0802. The van der Waals surface area contributed by atoms with Gasteiger partial charge in [-0.3, -0.25) is 14.5 Å². The Morgan fingerprint density at radius 2 is 1.93 bits per heavy atom. The summed E-state index contributed by atoms with van der Waals surface area (Å²) in [5.74, 6) is 0.668. The second kappa shape index (κ2) is 7.76. The molecular formula is C18H23N5O3S2. The third kappa shape index (κ3) is 4.68. The summed E-state index contributed by atoms with van der Waals surface area (Å²) >= 11 is 5.23. The maximum atomic E-state index is 12.2. The molecule has 2 aromatic rings. The van der Waals surface area contributed by atoms with Crippen LogP contribution in [0, 0.1) is 4.77 Å². The third-order valence-corrected chi connectivity index (χ3v) is 6.73. The molecule has 1 heterocycles. The van der Waals surface area contributed by atoms with Crippen LogP contribution in [0.25, 0.3) is 0 Å². The zero-order chi connectivity index (χ0) is 19.7. The number of H-pyrrole nitrogens is 1. The number of aromatic nitrogens is 3.